The first-order valence-electron chi connectivity index (χ1n) is 12.0. The number of hydrogen-bond donors (Lipinski definition) is 2. The Morgan fingerprint density at radius 2 is 1.81 bits per heavy atom. The standard InChI is InChI=1S/C23H33ClN4O3/c1-27-22(28(16-2-3-16)17-4-6-31-7-5-17)18(24)20(26-27)21(29)25-19-14-8-13-9-15(19)12-23(30,10-13)11-14/h13-17,19,30H,2-12H2,1H3,(H,25,29)/t13?,14?,15?,19-,23-. The van der Waals surface area contributed by atoms with E-state index in [2.05, 4.69) is 15.3 Å². The molecule has 6 fully saturated rings. The number of aryl methyl sites for hydroxylation is 1. The van der Waals surface area contributed by atoms with Crippen molar-refractivity contribution >= 4 is 23.3 Å². The fraction of sp³-hybridized carbons (Fsp3) is 0.826. The second-order valence-corrected chi connectivity index (χ2v) is 11.2. The predicted molar refractivity (Wildman–Crippen MR) is 117 cm³/mol. The van der Waals surface area contributed by atoms with E-state index < -0.39 is 5.60 Å². The maximum absolute atomic E-state index is 13.3. The maximum atomic E-state index is 13.3. The number of nitrogens with one attached hydrogen (secondary N) is 1. The molecule has 7 rings (SSSR count). The molecule has 0 aromatic carbocycles. The number of rotatable bonds is 5. The lowest BCUT2D eigenvalue weighted by atomic mass is 9.52. The van der Waals surface area contributed by atoms with Gasteiger partial charge in [-0.25, -0.2) is 0 Å². The molecule has 5 aliphatic carbocycles. The Balaban J connectivity index is 1.24. The molecule has 1 saturated heterocycles. The van der Waals surface area contributed by atoms with Crippen molar-refractivity contribution < 1.29 is 14.6 Å². The van der Waals surface area contributed by atoms with E-state index in [0.29, 0.717) is 40.6 Å². The molecular weight excluding hydrogens is 416 g/mol. The monoisotopic (exact) mass is 448 g/mol. The average Bonchev–Trinajstić information content (AvgIpc) is 3.51. The summed E-state index contributed by atoms with van der Waals surface area (Å²) in [5.41, 5.74) is -0.161. The van der Waals surface area contributed by atoms with Gasteiger partial charge in [-0.1, -0.05) is 11.6 Å². The van der Waals surface area contributed by atoms with Crippen LogP contribution in [-0.2, 0) is 11.8 Å². The number of aromatic nitrogens is 2. The van der Waals surface area contributed by atoms with Gasteiger partial charge in [-0.2, -0.15) is 5.10 Å². The Bertz CT molecular complexity index is 862. The van der Waals surface area contributed by atoms with Crippen molar-refractivity contribution in [2.45, 2.75) is 81.5 Å². The summed E-state index contributed by atoms with van der Waals surface area (Å²) in [6, 6.07) is 0.994. The first kappa shape index (κ1) is 20.3. The lowest BCUT2D eigenvalue weighted by Gasteiger charge is -2.58. The molecular formula is C23H33ClN4O3. The van der Waals surface area contributed by atoms with E-state index >= 15 is 0 Å². The molecule has 7 nitrogen and oxygen atoms in total. The highest BCUT2D eigenvalue weighted by atomic mass is 35.5. The van der Waals surface area contributed by atoms with Crippen LogP contribution in [0.3, 0.4) is 0 Å². The Hall–Kier alpha value is -1.31. The Morgan fingerprint density at radius 1 is 1.16 bits per heavy atom. The van der Waals surface area contributed by atoms with Crippen molar-refractivity contribution in [2.24, 2.45) is 24.8 Å². The van der Waals surface area contributed by atoms with Gasteiger partial charge in [0.05, 0.1) is 5.60 Å². The Kier molecular flexibility index (Phi) is 4.82. The molecule has 2 N–H and O–H groups in total. The molecule has 0 spiro atoms. The van der Waals surface area contributed by atoms with Crippen molar-refractivity contribution in [2.75, 3.05) is 18.1 Å². The number of aliphatic hydroxyl groups is 1. The molecule has 2 heterocycles. The van der Waals surface area contributed by atoms with Crippen molar-refractivity contribution in [1.29, 1.82) is 0 Å². The third-order valence-electron chi connectivity index (χ3n) is 8.48. The normalized spacial score (nSPS) is 37.3. The van der Waals surface area contributed by atoms with Gasteiger partial charge in [-0.05, 0) is 75.5 Å². The van der Waals surface area contributed by atoms with Gasteiger partial charge in [0.1, 0.15) is 10.8 Å². The summed E-state index contributed by atoms with van der Waals surface area (Å²) >= 11 is 6.84. The van der Waals surface area contributed by atoms with Gasteiger partial charge < -0.3 is 20.1 Å². The van der Waals surface area contributed by atoms with Crippen LogP contribution in [0.15, 0.2) is 0 Å². The summed E-state index contributed by atoms with van der Waals surface area (Å²) in [6.45, 7) is 1.54. The molecule has 1 amide bonds. The number of ether oxygens (including phenoxy) is 1. The van der Waals surface area contributed by atoms with Gasteiger partial charge >= 0.3 is 0 Å². The fourth-order valence-corrected chi connectivity index (χ4v) is 7.66. The fourth-order valence-electron chi connectivity index (χ4n) is 7.31. The second kappa shape index (κ2) is 7.35. The minimum Gasteiger partial charge on any atom is -0.390 e. The molecule has 5 saturated carbocycles. The lowest BCUT2D eigenvalue weighted by molar-refractivity contribution is -0.136. The van der Waals surface area contributed by atoms with E-state index in [4.69, 9.17) is 16.3 Å². The average molecular weight is 449 g/mol. The van der Waals surface area contributed by atoms with Crippen LogP contribution in [0.4, 0.5) is 5.82 Å². The van der Waals surface area contributed by atoms with Gasteiger partial charge in [0.2, 0.25) is 0 Å². The van der Waals surface area contributed by atoms with Gasteiger partial charge in [0.25, 0.3) is 5.91 Å². The molecule has 8 heteroatoms. The van der Waals surface area contributed by atoms with Crippen LogP contribution < -0.4 is 10.2 Å². The molecule has 2 atom stereocenters. The quantitative estimate of drug-likeness (QED) is 0.724. The molecule has 1 aromatic heterocycles. The van der Waals surface area contributed by atoms with Crippen molar-refractivity contribution in [1.82, 2.24) is 15.1 Å². The highest BCUT2D eigenvalue weighted by Crippen LogP contribution is 2.55. The SMILES string of the molecule is Cn1nc(C(=O)N[C@H]2C3CC4CC2C[C@](O)(C4)C3)c(Cl)c1N(C1CCOCC1)C1CC1. The third-order valence-corrected chi connectivity index (χ3v) is 8.83. The van der Waals surface area contributed by atoms with Gasteiger partial charge in [0.15, 0.2) is 5.69 Å². The number of carbonyl (C=O) groups is 1. The summed E-state index contributed by atoms with van der Waals surface area (Å²) in [6.07, 6.45) is 9.08. The van der Waals surface area contributed by atoms with Gasteiger partial charge in [0, 0.05) is 38.4 Å². The van der Waals surface area contributed by atoms with E-state index in [1.54, 1.807) is 4.68 Å². The van der Waals surface area contributed by atoms with Crippen LogP contribution in [-0.4, -0.2) is 57.7 Å². The Labute approximate surface area is 188 Å². The van der Waals surface area contributed by atoms with Gasteiger partial charge in [-0.3, -0.25) is 9.48 Å². The minimum atomic E-state index is -0.498. The predicted octanol–water partition coefficient (Wildman–Crippen LogP) is 2.89. The largest absolute Gasteiger partial charge is 0.390 e. The molecule has 31 heavy (non-hydrogen) atoms. The van der Waals surface area contributed by atoms with Crippen molar-refractivity contribution in [3.8, 4) is 0 Å². The van der Waals surface area contributed by atoms with Crippen LogP contribution in [0.25, 0.3) is 0 Å². The van der Waals surface area contributed by atoms with E-state index in [1.165, 1.54) is 0 Å². The number of amides is 1. The molecule has 6 aliphatic rings. The summed E-state index contributed by atoms with van der Waals surface area (Å²) in [4.78, 5) is 15.7. The number of hydrogen-bond acceptors (Lipinski definition) is 5. The number of nitrogens with zero attached hydrogens (tertiary/aromatic N) is 3. The molecule has 1 aromatic rings. The van der Waals surface area contributed by atoms with Crippen molar-refractivity contribution in [3.05, 3.63) is 10.7 Å². The van der Waals surface area contributed by atoms with Crippen LogP contribution in [0.5, 0.6) is 0 Å². The van der Waals surface area contributed by atoms with Crippen LogP contribution in [0, 0.1) is 17.8 Å². The van der Waals surface area contributed by atoms with E-state index in [0.717, 1.165) is 76.8 Å². The van der Waals surface area contributed by atoms with E-state index in [9.17, 15) is 9.90 Å². The highest BCUT2D eigenvalue weighted by Gasteiger charge is 2.55. The molecule has 170 valence electrons. The summed E-state index contributed by atoms with van der Waals surface area (Å²) in [7, 11) is 1.89. The zero-order chi connectivity index (χ0) is 21.3. The first-order valence-corrected chi connectivity index (χ1v) is 12.4. The molecule has 2 unspecified atom stereocenters. The lowest BCUT2D eigenvalue weighted by Crippen LogP contribution is -2.61. The second-order valence-electron chi connectivity index (χ2n) is 10.8. The van der Waals surface area contributed by atoms with Crippen LogP contribution >= 0.6 is 11.6 Å². The zero-order valence-electron chi connectivity index (χ0n) is 18.2. The first-order chi connectivity index (χ1) is 14.9. The summed E-state index contributed by atoms with van der Waals surface area (Å²) in [5, 5.41) is 19.2. The number of halogens is 1. The number of carbonyl (C=O) groups excluding carboxylic acids is 1. The minimum absolute atomic E-state index is 0.126. The maximum Gasteiger partial charge on any atom is 0.273 e. The summed E-state index contributed by atoms with van der Waals surface area (Å²) in [5.74, 6) is 2.06. The highest BCUT2D eigenvalue weighted by molar-refractivity contribution is 6.36. The molecule has 1 aliphatic heterocycles. The Morgan fingerprint density at radius 3 is 2.42 bits per heavy atom. The van der Waals surface area contributed by atoms with Crippen LogP contribution in [0.1, 0.15) is 68.3 Å². The smallest absolute Gasteiger partial charge is 0.273 e. The topological polar surface area (TPSA) is 79.6 Å². The molecule has 4 bridgehead atoms. The van der Waals surface area contributed by atoms with Gasteiger partial charge in [-0.15, -0.1) is 0 Å². The van der Waals surface area contributed by atoms with Crippen molar-refractivity contribution in [3.63, 3.8) is 0 Å². The van der Waals surface area contributed by atoms with Crippen LogP contribution in [0.2, 0.25) is 5.02 Å². The third kappa shape index (κ3) is 3.47. The molecule has 0 radical (unpaired) electrons. The summed E-state index contributed by atoms with van der Waals surface area (Å²) < 4.78 is 7.36. The van der Waals surface area contributed by atoms with E-state index in [1.807, 2.05) is 7.05 Å². The number of anilines is 1. The zero-order valence-corrected chi connectivity index (χ0v) is 19.0. The van der Waals surface area contributed by atoms with E-state index in [-0.39, 0.29) is 11.9 Å².